The van der Waals surface area contributed by atoms with Crippen LogP contribution in [0.4, 0.5) is 5.95 Å². The van der Waals surface area contributed by atoms with Crippen molar-refractivity contribution in [3.8, 4) is 0 Å². The molecule has 0 atom stereocenters. The number of nitrogens with zero attached hydrogens (tertiary/aromatic N) is 3. The fourth-order valence-corrected chi connectivity index (χ4v) is 4.04. The van der Waals surface area contributed by atoms with Gasteiger partial charge in [0, 0.05) is 23.5 Å². The molecule has 3 heterocycles. The number of anilines is 1. The molecule has 0 radical (unpaired) electrons. The number of nitrogens with one attached hydrogen (secondary N) is 1. The summed E-state index contributed by atoms with van der Waals surface area (Å²) in [5.41, 5.74) is 0. The smallest absolute Gasteiger partial charge is 0.225 e. The van der Waals surface area contributed by atoms with Crippen molar-refractivity contribution in [2.75, 3.05) is 11.9 Å². The van der Waals surface area contributed by atoms with Gasteiger partial charge in [-0.2, -0.15) is 0 Å². The van der Waals surface area contributed by atoms with Crippen LogP contribution in [0.2, 0.25) is 0 Å². The Morgan fingerprint density at radius 2 is 2.21 bits per heavy atom. The van der Waals surface area contributed by atoms with E-state index in [0.717, 1.165) is 32.5 Å². The first kappa shape index (κ1) is 12.8. The molecule has 7 heteroatoms. The van der Waals surface area contributed by atoms with E-state index in [1.807, 2.05) is 11.6 Å². The molecule has 0 spiro atoms. The van der Waals surface area contributed by atoms with Gasteiger partial charge < -0.3 is 5.32 Å². The predicted octanol–water partition coefficient (Wildman–Crippen LogP) is 4.12. The van der Waals surface area contributed by atoms with Gasteiger partial charge in [-0.25, -0.2) is 15.0 Å². The molecule has 0 bridgehead atoms. The Kier molecular flexibility index (Phi) is 3.95. The highest BCUT2D eigenvalue weighted by atomic mass is 32.2. The van der Waals surface area contributed by atoms with Crippen molar-refractivity contribution in [1.29, 1.82) is 0 Å². The number of hydrogen-bond donors (Lipinski definition) is 1. The van der Waals surface area contributed by atoms with E-state index in [1.54, 1.807) is 34.4 Å². The molecular formula is C12H12N4S3. The summed E-state index contributed by atoms with van der Waals surface area (Å²) in [6, 6.07) is 2.07. The predicted molar refractivity (Wildman–Crippen MR) is 82.4 cm³/mol. The maximum absolute atomic E-state index is 4.60. The Bertz CT molecular complexity index is 663. The molecular weight excluding hydrogens is 296 g/mol. The molecule has 3 aromatic rings. The quantitative estimate of drug-likeness (QED) is 0.718. The minimum absolute atomic E-state index is 0.704. The average molecular weight is 308 g/mol. The highest BCUT2D eigenvalue weighted by Crippen LogP contribution is 2.35. The van der Waals surface area contributed by atoms with Crippen molar-refractivity contribution in [3.63, 3.8) is 0 Å². The second-order valence-corrected chi connectivity index (χ2v) is 6.84. The minimum Gasteiger partial charge on any atom is -0.354 e. The summed E-state index contributed by atoms with van der Waals surface area (Å²) in [4.78, 5) is 14.4. The fourth-order valence-electron chi connectivity index (χ4n) is 1.57. The molecule has 4 nitrogen and oxygen atoms in total. The largest absolute Gasteiger partial charge is 0.354 e. The van der Waals surface area contributed by atoms with Gasteiger partial charge in [-0.15, -0.1) is 22.7 Å². The summed E-state index contributed by atoms with van der Waals surface area (Å²) in [6.07, 6.45) is 2.87. The van der Waals surface area contributed by atoms with Crippen LogP contribution >= 0.6 is 34.4 Å². The number of thiazole rings is 1. The SMILES string of the molecule is CCCNc1nc(Sc2nccs2)c2ccsc2n1. The monoisotopic (exact) mass is 308 g/mol. The van der Waals surface area contributed by atoms with E-state index in [1.165, 1.54) is 0 Å². The van der Waals surface area contributed by atoms with Crippen LogP contribution in [0.3, 0.4) is 0 Å². The van der Waals surface area contributed by atoms with E-state index in [-0.39, 0.29) is 0 Å². The molecule has 0 aliphatic heterocycles. The van der Waals surface area contributed by atoms with Gasteiger partial charge in [-0.05, 0) is 29.6 Å². The number of fused-ring (bicyclic) bond motifs is 1. The van der Waals surface area contributed by atoms with Crippen molar-refractivity contribution in [2.45, 2.75) is 22.7 Å². The van der Waals surface area contributed by atoms with Crippen molar-refractivity contribution < 1.29 is 0 Å². The Morgan fingerprint density at radius 1 is 1.26 bits per heavy atom. The van der Waals surface area contributed by atoms with Gasteiger partial charge in [0.25, 0.3) is 0 Å². The van der Waals surface area contributed by atoms with Gasteiger partial charge in [-0.3, -0.25) is 0 Å². The van der Waals surface area contributed by atoms with E-state index in [2.05, 4.69) is 38.6 Å². The molecule has 19 heavy (non-hydrogen) atoms. The van der Waals surface area contributed by atoms with E-state index in [9.17, 15) is 0 Å². The molecule has 0 aliphatic rings. The lowest BCUT2D eigenvalue weighted by molar-refractivity contribution is 0.947. The van der Waals surface area contributed by atoms with E-state index < -0.39 is 0 Å². The normalized spacial score (nSPS) is 11.0. The lowest BCUT2D eigenvalue weighted by atomic mass is 10.4. The highest BCUT2D eigenvalue weighted by molar-refractivity contribution is 8.01. The molecule has 3 rings (SSSR count). The van der Waals surface area contributed by atoms with Crippen molar-refractivity contribution >= 4 is 50.6 Å². The third-order valence-corrected chi connectivity index (χ3v) is 5.11. The second-order valence-electron chi connectivity index (χ2n) is 3.82. The summed E-state index contributed by atoms with van der Waals surface area (Å²) < 4.78 is 1.01. The van der Waals surface area contributed by atoms with Gasteiger partial charge in [0.2, 0.25) is 5.95 Å². The van der Waals surface area contributed by atoms with Crippen LogP contribution in [0.1, 0.15) is 13.3 Å². The topological polar surface area (TPSA) is 50.7 Å². The minimum atomic E-state index is 0.704. The van der Waals surface area contributed by atoms with Crippen molar-refractivity contribution in [2.24, 2.45) is 0 Å². The van der Waals surface area contributed by atoms with Gasteiger partial charge in [0.1, 0.15) is 9.86 Å². The standard InChI is InChI=1S/C12H12N4S3/c1-2-4-13-11-15-9-8(3-6-17-9)10(16-11)19-12-14-5-7-18-12/h3,5-7H,2,4H2,1H3,(H,13,15,16). The molecule has 0 amide bonds. The van der Waals surface area contributed by atoms with E-state index in [0.29, 0.717) is 5.95 Å². The van der Waals surface area contributed by atoms with E-state index in [4.69, 9.17) is 0 Å². The zero-order valence-corrected chi connectivity index (χ0v) is 12.7. The zero-order valence-electron chi connectivity index (χ0n) is 10.3. The molecule has 1 N–H and O–H groups in total. The van der Waals surface area contributed by atoms with Gasteiger partial charge >= 0.3 is 0 Å². The number of thiophene rings is 1. The third-order valence-electron chi connectivity index (χ3n) is 2.42. The molecule has 0 unspecified atom stereocenters. The summed E-state index contributed by atoms with van der Waals surface area (Å²) in [6.45, 7) is 3.01. The van der Waals surface area contributed by atoms with Gasteiger partial charge in [0.15, 0.2) is 4.34 Å². The molecule has 0 saturated heterocycles. The van der Waals surface area contributed by atoms with Gasteiger partial charge in [-0.1, -0.05) is 6.92 Å². The number of aromatic nitrogens is 3. The van der Waals surface area contributed by atoms with Crippen LogP contribution in [-0.4, -0.2) is 21.5 Å². The Morgan fingerprint density at radius 3 is 3.00 bits per heavy atom. The molecule has 0 saturated carbocycles. The lowest BCUT2D eigenvalue weighted by Crippen LogP contribution is -2.04. The third kappa shape index (κ3) is 2.88. The first-order valence-electron chi connectivity index (χ1n) is 5.93. The summed E-state index contributed by atoms with van der Waals surface area (Å²) in [5, 5.41) is 9.35. The van der Waals surface area contributed by atoms with Crippen LogP contribution < -0.4 is 5.32 Å². The number of rotatable bonds is 5. The van der Waals surface area contributed by atoms with Crippen molar-refractivity contribution in [3.05, 3.63) is 23.0 Å². The maximum Gasteiger partial charge on any atom is 0.225 e. The van der Waals surface area contributed by atoms with Crippen LogP contribution in [0, 0.1) is 0 Å². The summed E-state index contributed by atoms with van der Waals surface area (Å²) >= 11 is 4.87. The van der Waals surface area contributed by atoms with Crippen molar-refractivity contribution in [1.82, 2.24) is 15.0 Å². The average Bonchev–Trinajstić information content (AvgIpc) is 3.06. The first-order chi connectivity index (χ1) is 9.36. The molecule has 98 valence electrons. The van der Waals surface area contributed by atoms with Crippen LogP contribution in [0.15, 0.2) is 32.4 Å². The fraction of sp³-hybridized carbons (Fsp3) is 0.250. The van der Waals surface area contributed by atoms with Gasteiger partial charge in [0.05, 0.1) is 0 Å². The van der Waals surface area contributed by atoms with Crippen LogP contribution in [-0.2, 0) is 0 Å². The molecule has 0 fully saturated rings. The highest BCUT2D eigenvalue weighted by Gasteiger charge is 2.11. The maximum atomic E-state index is 4.60. The molecule has 0 aliphatic carbocycles. The zero-order chi connectivity index (χ0) is 13.1. The summed E-state index contributed by atoms with van der Waals surface area (Å²) in [7, 11) is 0. The molecule has 3 aromatic heterocycles. The van der Waals surface area contributed by atoms with Crippen LogP contribution in [0.5, 0.6) is 0 Å². The number of hydrogen-bond acceptors (Lipinski definition) is 7. The Labute approximate surface area is 123 Å². The molecule has 0 aromatic carbocycles. The van der Waals surface area contributed by atoms with Crippen LogP contribution in [0.25, 0.3) is 10.2 Å². The Hall–Kier alpha value is -1.18. The lowest BCUT2D eigenvalue weighted by Gasteiger charge is -2.05. The summed E-state index contributed by atoms with van der Waals surface area (Å²) in [5.74, 6) is 0.704. The van der Waals surface area contributed by atoms with E-state index >= 15 is 0 Å². The Balaban J connectivity index is 1.97. The first-order valence-corrected chi connectivity index (χ1v) is 8.51. The second kappa shape index (κ2) is 5.85.